The van der Waals surface area contributed by atoms with Crippen LogP contribution in [0.2, 0.25) is 10.0 Å². The Morgan fingerprint density at radius 3 is 2.33 bits per heavy atom. The summed E-state index contributed by atoms with van der Waals surface area (Å²) >= 11 is 11.9. The molecule has 2 rings (SSSR count). The summed E-state index contributed by atoms with van der Waals surface area (Å²) in [5.41, 5.74) is 2.13. The summed E-state index contributed by atoms with van der Waals surface area (Å²) in [6.45, 7) is 1.56. The molecule has 0 aliphatic rings. The molecule has 0 unspecified atom stereocenters. The van der Waals surface area contributed by atoms with Gasteiger partial charge in [0, 0.05) is 16.1 Å². The highest BCUT2D eigenvalue weighted by Crippen LogP contribution is 2.19. The molecule has 0 fully saturated rings. The topological polar surface area (TPSA) is 16.6 Å². The Morgan fingerprint density at radius 1 is 0.944 bits per heavy atom. The summed E-state index contributed by atoms with van der Waals surface area (Å²) in [4.78, 5) is 0. The molecule has 0 saturated carbocycles. The molecule has 0 radical (unpaired) electrons. The smallest absolute Gasteiger partial charge is 0.123 e. The Bertz CT molecular complexity index is 526. The molecule has 0 saturated heterocycles. The van der Waals surface area contributed by atoms with Crippen molar-refractivity contribution in [2.75, 3.05) is 0 Å². The molecule has 2 aromatic rings. The van der Waals surface area contributed by atoms with E-state index in [2.05, 4.69) is 5.32 Å². The van der Waals surface area contributed by atoms with Crippen LogP contribution in [0.4, 0.5) is 4.39 Å². The zero-order chi connectivity index (χ0) is 13.0. The zero-order valence-electron chi connectivity index (χ0n) is 9.67. The van der Waals surface area contributed by atoms with E-state index in [1.54, 1.807) is 18.2 Å². The Hall–Kier alpha value is -1.09. The van der Waals surface area contributed by atoms with Crippen molar-refractivity contribution in [3.63, 3.8) is 0 Å². The van der Waals surface area contributed by atoms with E-state index in [1.165, 1.54) is 12.1 Å². The minimum atomic E-state index is -0.209. The third-order valence-corrected chi connectivity index (χ3v) is 3.26. The minimum Gasteiger partial charge on any atom is -0.339 e. The first-order valence-electron chi connectivity index (χ1n) is 5.65. The molecule has 0 amide bonds. The standard InChI is InChI=1S/C14H12Cl2FN/c15-12-4-3-11(14(16)7-12)9-18-8-10-1-5-13(17)6-2-10/h1-7,18H,8-9H2/p+1. The molecule has 0 heterocycles. The summed E-state index contributed by atoms with van der Waals surface area (Å²) in [6.07, 6.45) is 0. The minimum absolute atomic E-state index is 0.209. The Balaban J connectivity index is 1.90. The van der Waals surface area contributed by atoms with Crippen LogP contribution in [-0.4, -0.2) is 0 Å². The molecule has 94 valence electrons. The zero-order valence-corrected chi connectivity index (χ0v) is 11.2. The largest absolute Gasteiger partial charge is 0.339 e. The van der Waals surface area contributed by atoms with Crippen molar-refractivity contribution in [2.45, 2.75) is 13.1 Å². The van der Waals surface area contributed by atoms with Crippen LogP contribution in [0.15, 0.2) is 42.5 Å². The second kappa shape index (κ2) is 6.19. The summed E-state index contributed by atoms with van der Waals surface area (Å²) in [6, 6.07) is 12.0. The third kappa shape index (κ3) is 3.70. The fraction of sp³-hybridized carbons (Fsp3) is 0.143. The van der Waals surface area contributed by atoms with Crippen LogP contribution in [0.5, 0.6) is 0 Å². The van der Waals surface area contributed by atoms with E-state index in [0.717, 1.165) is 24.2 Å². The van der Waals surface area contributed by atoms with Gasteiger partial charge in [0.15, 0.2) is 0 Å². The number of nitrogens with two attached hydrogens (primary N) is 1. The lowest BCUT2D eigenvalue weighted by Crippen LogP contribution is -2.80. The Kier molecular flexibility index (Phi) is 4.59. The second-order valence-corrected chi connectivity index (χ2v) is 4.90. The fourth-order valence-corrected chi connectivity index (χ4v) is 2.19. The van der Waals surface area contributed by atoms with Gasteiger partial charge in [0.1, 0.15) is 18.9 Å². The van der Waals surface area contributed by atoms with Gasteiger partial charge in [-0.25, -0.2) is 4.39 Å². The highest BCUT2D eigenvalue weighted by molar-refractivity contribution is 6.35. The average molecular weight is 285 g/mol. The Morgan fingerprint density at radius 2 is 1.67 bits per heavy atom. The first-order valence-corrected chi connectivity index (χ1v) is 6.41. The van der Waals surface area contributed by atoms with Gasteiger partial charge in [0.25, 0.3) is 0 Å². The van der Waals surface area contributed by atoms with Gasteiger partial charge in [-0.15, -0.1) is 0 Å². The molecular formula is C14H13Cl2FN+. The molecule has 0 aliphatic carbocycles. The van der Waals surface area contributed by atoms with Crippen LogP contribution >= 0.6 is 23.2 Å². The third-order valence-electron chi connectivity index (χ3n) is 2.67. The maximum Gasteiger partial charge on any atom is 0.123 e. The van der Waals surface area contributed by atoms with Crippen LogP contribution in [0, 0.1) is 5.82 Å². The van der Waals surface area contributed by atoms with E-state index in [1.807, 2.05) is 12.1 Å². The summed E-state index contributed by atoms with van der Waals surface area (Å²) in [5, 5.41) is 3.43. The van der Waals surface area contributed by atoms with Gasteiger partial charge in [-0.3, -0.25) is 0 Å². The summed E-state index contributed by atoms with van der Waals surface area (Å²) in [5.74, 6) is -0.209. The van der Waals surface area contributed by atoms with Crippen molar-refractivity contribution in [3.05, 3.63) is 69.5 Å². The molecule has 4 heteroatoms. The van der Waals surface area contributed by atoms with Crippen LogP contribution in [-0.2, 0) is 13.1 Å². The van der Waals surface area contributed by atoms with Gasteiger partial charge in [0.2, 0.25) is 0 Å². The van der Waals surface area contributed by atoms with Gasteiger partial charge in [-0.05, 0) is 24.3 Å². The van der Waals surface area contributed by atoms with Gasteiger partial charge in [-0.2, -0.15) is 0 Å². The number of halogens is 3. The molecule has 18 heavy (non-hydrogen) atoms. The van der Waals surface area contributed by atoms with Crippen molar-refractivity contribution >= 4 is 23.2 Å². The fourth-order valence-electron chi connectivity index (χ4n) is 1.70. The van der Waals surface area contributed by atoms with Gasteiger partial charge in [0.05, 0.1) is 5.02 Å². The molecule has 0 atom stereocenters. The summed E-state index contributed by atoms with van der Waals surface area (Å²) < 4.78 is 12.7. The van der Waals surface area contributed by atoms with E-state index >= 15 is 0 Å². The van der Waals surface area contributed by atoms with E-state index in [0.29, 0.717) is 10.0 Å². The monoisotopic (exact) mass is 284 g/mol. The SMILES string of the molecule is Fc1ccc(C[NH2+]Cc2ccc(Cl)cc2Cl)cc1. The van der Waals surface area contributed by atoms with Crippen LogP contribution in [0.25, 0.3) is 0 Å². The van der Waals surface area contributed by atoms with Gasteiger partial charge >= 0.3 is 0 Å². The van der Waals surface area contributed by atoms with Crippen LogP contribution in [0.1, 0.15) is 11.1 Å². The normalized spacial score (nSPS) is 10.6. The van der Waals surface area contributed by atoms with Crippen LogP contribution in [0.3, 0.4) is 0 Å². The van der Waals surface area contributed by atoms with Crippen molar-refractivity contribution < 1.29 is 9.71 Å². The van der Waals surface area contributed by atoms with Gasteiger partial charge < -0.3 is 5.32 Å². The highest BCUT2D eigenvalue weighted by atomic mass is 35.5. The second-order valence-electron chi connectivity index (χ2n) is 4.06. The lowest BCUT2D eigenvalue weighted by atomic mass is 10.2. The maximum atomic E-state index is 12.7. The quantitative estimate of drug-likeness (QED) is 0.886. The van der Waals surface area contributed by atoms with Crippen molar-refractivity contribution in [1.82, 2.24) is 0 Å². The van der Waals surface area contributed by atoms with E-state index < -0.39 is 0 Å². The number of benzene rings is 2. The molecule has 0 aromatic heterocycles. The number of hydrogen-bond donors (Lipinski definition) is 1. The number of quaternary nitrogens is 1. The van der Waals surface area contributed by atoms with Gasteiger partial charge in [-0.1, -0.05) is 41.4 Å². The van der Waals surface area contributed by atoms with E-state index in [9.17, 15) is 4.39 Å². The van der Waals surface area contributed by atoms with Crippen LogP contribution < -0.4 is 5.32 Å². The molecule has 0 bridgehead atoms. The molecule has 1 nitrogen and oxygen atoms in total. The van der Waals surface area contributed by atoms with Crippen molar-refractivity contribution in [3.8, 4) is 0 Å². The molecule has 2 N–H and O–H groups in total. The highest BCUT2D eigenvalue weighted by Gasteiger charge is 2.03. The molecular weight excluding hydrogens is 272 g/mol. The molecule has 0 spiro atoms. The average Bonchev–Trinajstić information content (AvgIpc) is 2.34. The predicted octanol–water partition coefficient (Wildman–Crippen LogP) is 3.40. The van der Waals surface area contributed by atoms with Crippen molar-refractivity contribution in [2.24, 2.45) is 0 Å². The lowest BCUT2D eigenvalue weighted by molar-refractivity contribution is -0.686. The van der Waals surface area contributed by atoms with E-state index in [-0.39, 0.29) is 5.82 Å². The maximum absolute atomic E-state index is 12.7. The predicted molar refractivity (Wildman–Crippen MR) is 72.2 cm³/mol. The first kappa shape index (κ1) is 13.3. The number of rotatable bonds is 4. The van der Waals surface area contributed by atoms with E-state index in [4.69, 9.17) is 23.2 Å². The molecule has 0 aliphatic heterocycles. The van der Waals surface area contributed by atoms with Crippen molar-refractivity contribution in [1.29, 1.82) is 0 Å². The lowest BCUT2D eigenvalue weighted by Gasteiger charge is -2.04. The first-order chi connectivity index (χ1) is 8.65. The Labute approximate surface area is 116 Å². The summed E-state index contributed by atoms with van der Waals surface area (Å²) in [7, 11) is 0. The number of hydrogen-bond acceptors (Lipinski definition) is 0. The molecule has 2 aromatic carbocycles.